The SMILES string of the molecule is CC(C)(C)c1cc(Br)cc(C2(c3ccc(Cl)cc3)c3ccccc3N(c3ccccc3)c3ccccc32)c1. The van der Waals surface area contributed by atoms with Crippen LogP contribution in [-0.4, -0.2) is 0 Å². The number of hydrogen-bond donors (Lipinski definition) is 0. The molecule has 0 bridgehead atoms. The van der Waals surface area contributed by atoms with Crippen LogP contribution in [-0.2, 0) is 10.8 Å². The maximum Gasteiger partial charge on any atom is 0.0742 e. The van der Waals surface area contributed by atoms with E-state index in [4.69, 9.17) is 11.6 Å². The molecule has 0 N–H and O–H groups in total. The molecule has 0 saturated heterocycles. The van der Waals surface area contributed by atoms with E-state index in [0.717, 1.165) is 15.2 Å². The Labute approximate surface area is 238 Å². The Balaban J connectivity index is 1.79. The highest BCUT2D eigenvalue weighted by atomic mass is 79.9. The highest BCUT2D eigenvalue weighted by Crippen LogP contribution is 2.58. The fourth-order valence-corrected chi connectivity index (χ4v) is 6.45. The number of halogens is 2. The zero-order valence-electron chi connectivity index (χ0n) is 21.8. The first-order valence-corrected chi connectivity index (χ1v) is 14.1. The lowest BCUT2D eigenvalue weighted by atomic mass is 9.62. The Morgan fingerprint density at radius 2 is 1.18 bits per heavy atom. The van der Waals surface area contributed by atoms with Gasteiger partial charge in [0.1, 0.15) is 0 Å². The summed E-state index contributed by atoms with van der Waals surface area (Å²) in [7, 11) is 0. The number of fused-ring (bicyclic) bond motifs is 2. The monoisotopic (exact) mass is 577 g/mol. The normalized spacial score (nSPS) is 14.1. The summed E-state index contributed by atoms with van der Waals surface area (Å²) in [6, 6.07) is 43.6. The van der Waals surface area contributed by atoms with Crippen molar-refractivity contribution in [3.63, 3.8) is 0 Å². The lowest BCUT2D eigenvalue weighted by Crippen LogP contribution is -2.38. The van der Waals surface area contributed by atoms with Gasteiger partial charge in [-0.3, -0.25) is 0 Å². The lowest BCUT2D eigenvalue weighted by molar-refractivity contribution is 0.586. The Morgan fingerprint density at radius 3 is 1.76 bits per heavy atom. The molecule has 5 aromatic carbocycles. The van der Waals surface area contributed by atoms with Crippen LogP contribution in [0.2, 0.25) is 5.02 Å². The van der Waals surface area contributed by atoms with Crippen molar-refractivity contribution in [2.75, 3.05) is 4.90 Å². The minimum atomic E-state index is -0.549. The molecule has 0 radical (unpaired) electrons. The summed E-state index contributed by atoms with van der Waals surface area (Å²) in [5, 5.41) is 0.733. The lowest BCUT2D eigenvalue weighted by Gasteiger charge is -2.46. The van der Waals surface area contributed by atoms with E-state index in [1.54, 1.807) is 0 Å². The summed E-state index contributed by atoms with van der Waals surface area (Å²) in [6.07, 6.45) is 0. The third-order valence-corrected chi connectivity index (χ3v) is 8.30. The van der Waals surface area contributed by atoms with Crippen LogP contribution in [0.15, 0.2) is 126 Å². The van der Waals surface area contributed by atoms with Crippen LogP contribution in [0.25, 0.3) is 0 Å². The molecule has 0 spiro atoms. The third kappa shape index (κ3) is 3.99. The fourth-order valence-electron chi connectivity index (χ4n) is 5.83. The molecule has 1 nitrogen and oxygen atoms in total. The quantitative estimate of drug-likeness (QED) is 0.202. The zero-order valence-corrected chi connectivity index (χ0v) is 24.1. The Morgan fingerprint density at radius 1 is 0.632 bits per heavy atom. The second kappa shape index (κ2) is 9.45. The standard InChI is InChI=1S/C35H29BrClN/c1-34(2,3)25-21-26(23-27(36)22-25)35(24-17-19-28(37)20-18-24)30-13-7-9-15-32(30)38(29-11-5-4-6-12-29)33-16-10-8-14-31(33)35/h4-23H,1-3H3. The molecule has 1 aliphatic rings. The summed E-state index contributed by atoms with van der Waals surface area (Å²) in [5.74, 6) is 0. The van der Waals surface area contributed by atoms with Crippen molar-refractivity contribution in [1.29, 1.82) is 0 Å². The predicted molar refractivity (Wildman–Crippen MR) is 164 cm³/mol. The van der Waals surface area contributed by atoms with Crippen molar-refractivity contribution >= 4 is 44.6 Å². The van der Waals surface area contributed by atoms with E-state index in [1.807, 2.05) is 12.1 Å². The largest absolute Gasteiger partial charge is 0.310 e. The van der Waals surface area contributed by atoms with Gasteiger partial charge in [-0.15, -0.1) is 0 Å². The molecule has 1 heterocycles. The van der Waals surface area contributed by atoms with E-state index < -0.39 is 5.41 Å². The van der Waals surface area contributed by atoms with Crippen LogP contribution in [0, 0.1) is 0 Å². The molecule has 0 aromatic heterocycles. The number of hydrogen-bond acceptors (Lipinski definition) is 1. The first kappa shape index (κ1) is 25.0. The number of rotatable bonds is 3. The molecule has 0 aliphatic carbocycles. The number of para-hydroxylation sites is 3. The number of nitrogens with zero attached hydrogens (tertiary/aromatic N) is 1. The molecule has 1 aliphatic heterocycles. The summed E-state index contributed by atoms with van der Waals surface area (Å²) in [6.45, 7) is 6.81. The van der Waals surface area contributed by atoms with Crippen LogP contribution in [0.4, 0.5) is 17.1 Å². The Kier molecular flexibility index (Phi) is 6.21. The highest BCUT2D eigenvalue weighted by Gasteiger charge is 2.46. The molecule has 0 unspecified atom stereocenters. The molecule has 3 heteroatoms. The minimum absolute atomic E-state index is 0.0104. The Hall–Kier alpha value is -3.33. The van der Waals surface area contributed by atoms with Crippen molar-refractivity contribution in [3.8, 4) is 0 Å². The van der Waals surface area contributed by atoms with Gasteiger partial charge in [-0.05, 0) is 81.8 Å². The van der Waals surface area contributed by atoms with Gasteiger partial charge in [0.2, 0.25) is 0 Å². The van der Waals surface area contributed by atoms with Crippen LogP contribution in [0.3, 0.4) is 0 Å². The smallest absolute Gasteiger partial charge is 0.0742 e. The van der Waals surface area contributed by atoms with Crippen molar-refractivity contribution in [3.05, 3.63) is 159 Å². The van der Waals surface area contributed by atoms with Crippen molar-refractivity contribution < 1.29 is 0 Å². The zero-order chi connectivity index (χ0) is 26.5. The van der Waals surface area contributed by atoms with Gasteiger partial charge in [-0.25, -0.2) is 0 Å². The molecular weight excluding hydrogens is 550 g/mol. The molecule has 0 atom stereocenters. The maximum absolute atomic E-state index is 6.44. The molecule has 0 fully saturated rings. The van der Waals surface area contributed by atoms with Gasteiger partial charge >= 0.3 is 0 Å². The van der Waals surface area contributed by atoms with E-state index in [9.17, 15) is 0 Å². The summed E-state index contributed by atoms with van der Waals surface area (Å²) >= 11 is 10.3. The Bertz CT molecular complexity index is 1570. The first-order valence-electron chi connectivity index (χ1n) is 12.9. The van der Waals surface area contributed by atoms with Gasteiger partial charge in [0.25, 0.3) is 0 Å². The molecule has 0 amide bonds. The molecule has 38 heavy (non-hydrogen) atoms. The molecular formula is C35H29BrClN. The average Bonchev–Trinajstić information content (AvgIpc) is 2.92. The van der Waals surface area contributed by atoms with Gasteiger partial charge in [-0.1, -0.05) is 121 Å². The number of benzene rings is 5. The van der Waals surface area contributed by atoms with E-state index >= 15 is 0 Å². The van der Waals surface area contributed by atoms with Gasteiger partial charge in [0.05, 0.1) is 16.8 Å². The van der Waals surface area contributed by atoms with Crippen LogP contribution in [0.5, 0.6) is 0 Å². The van der Waals surface area contributed by atoms with E-state index in [2.05, 4.69) is 151 Å². The van der Waals surface area contributed by atoms with Crippen LogP contribution < -0.4 is 4.90 Å². The third-order valence-electron chi connectivity index (χ3n) is 7.59. The van der Waals surface area contributed by atoms with Crippen molar-refractivity contribution in [2.24, 2.45) is 0 Å². The maximum atomic E-state index is 6.44. The summed E-state index contributed by atoms with van der Waals surface area (Å²) in [5.41, 5.74) is 9.10. The van der Waals surface area contributed by atoms with E-state index in [-0.39, 0.29) is 5.41 Å². The highest BCUT2D eigenvalue weighted by molar-refractivity contribution is 9.10. The molecule has 0 saturated carbocycles. The van der Waals surface area contributed by atoms with E-state index in [0.29, 0.717) is 0 Å². The predicted octanol–water partition coefficient (Wildman–Crippen LogP) is 10.6. The number of anilines is 3. The second-order valence-corrected chi connectivity index (χ2v) is 12.3. The first-order chi connectivity index (χ1) is 18.3. The molecule has 6 rings (SSSR count). The fraction of sp³-hybridized carbons (Fsp3) is 0.143. The molecule has 188 valence electrons. The van der Waals surface area contributed by atoms with Crippen LogP contribution in [0.1, 0.15) is 48.6 Å². The van der Waals surface area contributed by atoms with Gasteiger partial charge in [0.15, 0.2) is 0 Å². The minimum Gasteiger partial charge on any atom is -0.310 e. The van der Waals surface area contributed by atoms with Gasteiger partial charge in [-0.2, -0.15) is 0 Å². The summed E-state index contributed by atoms with van der Waals surface area (Å²) < 4.78 is 1.08. The average molecular weight is 579 g/mol. The van der Waals surface area contributed by atoms with Gasteiger partial charge in [0, 0.05) is 15.2 Å². The van der Waals surface area contributed by atoms with E-state index in [1.165, 1.54) is 39.2 Å². The van der Waals surface area contributed by atoms with Crippen molar-refractivity contribution in [2.45, 2.75) is 31.6 Å². The van der Waals surface area contributed by atoms with Crippen LogP contribution >= 0.6 is 27.5 Å². The second-order valence-electron chi connectivity index (χ2n) is 10.9. The van der Waals surface area contributed by atoms with Gasteiger partial charge < -0.3 is 4.90 Å². The molecule has 5 aromatic rings. The summed E-state index contributed by atoms with van der Waals surface area (Å²) in [4.78, 5) is 2.39. The van der Waals surface area contributed by atoms with Crippen molar-refractivity contribution in [1.82, 2.24) is 0 Å². The topological polar surface area (TPSA) is 3.24 Å².